The van der Waals surface area contributed by atoms with Crippen LogP contribution in [0, 0.1) is 0 Å². The van der Waals surface area contributed by atoms with Crippen LogP contribution in [0.4, 0.5) is 23.0 Å². The lowest BCUT2D eigenvalue weighted by molar-refractivity contribution is 0.111. The second kappa shape index (κ2) is 3.80. The molecule has 2 aromatic rings. The topological polar surface area (TPSA) is 49.3 Å². The van der Waals surface area contributed by atoms with E-state index in [9.17, 15) is 4.79 Å². The third kappa shape index (κ3) is 1.37. The zero-order chi connectivity index (χ0) is 12.7. The van der Waals surface area contributed by atoms with Crippen LogP contribution in [0.3, 0.4) is 0 Å². The Morgan fingerprint density at radius 2 is 1.78 bits per heavy atom. The lowest BCUT2D eigenvalue weighted by Crippen LogP contribution is -2.26. The number of carbonyl (C=O) groups is 1. The van der Waals surface area contributed by atoms with E-state index in [-0.39, 0.29) is 0 Å². The first-order chi connectivity index (χ1) is 8.72. The molecule has 18 heavy (non-hydrogen) atoms. The molecule has 0 amide bonds. The first-order valence-corrected chi connectivity index (χ1v) is 5.61. The molecule has 0 aromatic carbocycles. The maximum absolute atomic E-state index is 10.8. The largest absolute Gasteiger partial charge is 0.325 e. The van der Waals surface area contributed by atoms with Crippen LogP contribution < -0.4 is 9.80 Å². The predicted molar refractivity (Wildman–Crippen MR) is 70.0 cm³/mol. The van der Waals surface area contributed by atoms with Crippen molar-refractivity contribution in [2.45, 2.75) is 0 Å². The number of nitrogens with zero attached hydrogens (tertiary/aromatic N) is 4. The van der Waals surface area contributed by atoms with Crippen LogP contribution in [0.5, 0.6) is 0 Å². The molecule has 1 aliphatic rings. The molecule has 0 aliphatic carbocycles. The van der Waals surface area contributed by atoms with E-state index < -0.39 is 0 Å². The van der Waals surface area contributed by atoms with E-state index in [0.717, 1.165) is 29.3 Å². The van der Waals surface area contributed by atoms with Gasteiger partial charge in [0.15, 0.2) is 17.9 Å². The average molecular weight is 240 g/mol. The van der Waals surface area contributed by atoms with Crippen molar-refractivity contribution in [2.75, 3.05) is 23.9 Å². The Morgan fingerprint density at radius 3 is 2.56 bits per heavy atom. The van der Waals surface area contributed by atoms with Crippen molar-refractivity contribution >= 4 is 29.3 Å². The van der Waals surface area contributed by atoms with Crippen molar-refractivity contribution in [3.05, 3.63) is 36.2 Å². The monoisotopic (exact) mass is 240 g/mol. The fourth-order valence-corrected chi connectivity index (χ4v) is 2.17. The van der Waals surface area contributed by atoms with Crippen molar-refractivity contribution in [1.82, 2.24) is 9.97 Å². The van der Waals surface area contributed by atoms with Crippen molar-refractivity contribution in [3.63, 3.8) is 0 Å². The third-order valence-electron chi connectivity index (χ3n) is 3.12. The second-order valence-corrected chi connectivity index (χ2v) is 4.16. The number of carbonyl (C=O) groups excluding carboxylic acids is 1. The Balaban J connectivity index is 2.23. The molecule has 3 rings (SSSR count). The highest BCUT2D eigenvalue weighted by molar-refractivity contribution is 5.90. The van der Waals surface area contributed by atoms with Gasteiger partial charge in [0.25, 0.3) is 0 Å². The highest BCUT2D eigenvalue weighted by Crippen LogP contribution is 2.43. The summed E-state index contributed by atoms with van der Waals surface area (Å²) in [6.07, 6.45) is 2.52. The molecule has 0 fully saturated rings. The van der Waals surface area contributed by atoms with E-state index >= 15 is 0 Å². The Morgan fingerprint density at radius 1 is 1.06 bits per heavy atom. The summed E-state index contributed by atoms with van der Waals surface area (Å²) < 4.78 is 0. The van der Waals surface area contributed by atoms with Crippen LogP contribution in [0.2, 0.25) is 0 Å². The molecular formula is C13H12N4O. The molecule has 0 unspecified atom stereocenters. The van der Waals surface area contributed by atoms with Crippen LogP contribution in [0.25, 0.3) is 0 Å². The quantitative estimate of drug-likeness (QED) is 0.715. The van der Waals surface area contributed by atoms with Crippen LogP contribution in [-0.4, -0.2) is 30.3 Å². The van der Waals surface area contributed by atoms with Crippen molar-refractivity contribution in [3.8, 4) is 0 Å². The summed E-state index contributed by atoms with van der Waals surface area (Å²) in [5.74, 6) is 1.65. The van der Waals surface area contributed by atoms with Crippen molar-refractivity contribution < 1.29 is 4.79 Å². The van der Waals surface area contributed by atoms with Gasteiger partial charge in [-0.25, -0.2) is 9.97 Å². The molecule has 1 aliphatic heterocycles. The van der Waals surface area contributed by atoms with Crippen LogP contribution in [0.1, 0.15) is 10.5 Å². The predicted octanol–water partition coefficient (Wildman–Crippen LogP) is 2.14. The van der Waals surface area contributed by atoms with Gasteiger partial charge in [-0.15, -0.1) is 0 Å². The van der Waals surface area contributed by atoms with Gasteiger partial charge in [0.05, 0.1) is 11.4 Å². The van der Waals surface area contributed by atoms with Gasteiger partial charge in [0.1, 0.15) is 5.69 Å². The minimum absolute atomic E-state index is 0.432. The summed E-state index contributed by atoms with van der Waals surface area (Å²) in [6, 6.07) is 7.47. The van der Waals surface area contributed by atoms with Gasteiger partial charge >= 0.3 is 0 Å². The minimum Gasteiger partial charge on any atom is -0.325 e. The molecule has 5 heteroatoms. The second-order valence-electron chi connectivity index (χ2n) is 4.16. The number of fused-ring (bicyclic) bond motifs is 2. The summed E-state index contributed by atoms with van der Waals surface area (Å²) in [6.45, 7) is 0. The molecule has 0 bridgehead atoms. The summed E-state index contributed by atoms with van der Waals surface area (Å²) >= 11 is 0. The molecular weight excluding hydrogens is 228 g/mol. The molecule has 90 valence electrons. The van der Waals surface area contributed by atoms with E-state index in [1.54, 1.807) is 12.3 Å². The van der Waals surface area contributed by atoms with Crippen molar-refractivity contribution in [2.24, 2.45) is 0 Å². The van der Waals surface area contributed by atoms with Gasteiger partial charge in [0.2, 0.25) is 0 Å². The third-order valence-corrected chi connectivity index (χ3v) is 3.12. The van der Waals surface area contributed by atoms with Crippen LogP contribution in [-0.2, 0) is 0 Å². The smallest absolute Gasteiger partial charge is 0.168 e. The fraction of sp³-hybridized carbons (Fsp3) is 0.154. The first-order valence-electron chi connectivity index (χ1n) is 5.61. The molecule has 0 saturated carbocycles. The maximum atomic E-state index is 10.8. The van der Waals surface area contributed by atoms with Gasteiger partial charge in [-0.1, -0.05) is 0 Å². The number of rotatable bonds is 1. The molecule has 0 radical (unpaired) electrons. The SMILES string of the molecule is CN1c2ccc(C=O)nc2N(C)c2cccnc21. The number of pyridine rings is 2. The number of anilines is 4. The first kappa shape index (κ1) is 10.7. The lowest BCUT2D eigenvalue weighted by atomic mass is 10.2. The fourth-order valence-electron chi connectivity index (χ4n) is 2.17. The van der Waals surface area contributed by atoms with Gasteiger partial charge in [-0.3, -0.25) is 4.79 Å². The molecule has 2 aromatic heterocycles. The zero-order valence-electron chi connectivity index (χ0n) is 10.2. The van der Waals surface area contributed by atoms with E-state index in [0.29, 0.717) is 5.69 Å². The van der Waals surface area contributed by atoms with Gasteiger partial charge in [0, 0.05) is 20.3 Å². The van der Waals surface area contributed by atoms with Crippen LogP contribution in [0.15, 0.2) is 30.5 Å². The van der Waals surface area contributed by atoms with Gasteiger partial charge < -0.3 is 9.80 Å². The number of aldehydes is 1. The average Bonchev–Trinajstić information content (AvgIpc) is 2.44. The summed E-state index contributed by atoms with van der Waals surface area (Å²) in [4.78, 5) is 23.5. The summed E-state index contributed by atoms with van der Waals surface area (Å²) in [5.41, 5.74) is 2.35. The van der Waals surface area contributed by atoms with Crippen molar-refractivity contribution in [1.29, 1.82) is 0 Å². The minimum atomic E-state index is 0.432. The molecule has 0 N–H and O–H groups in total. The highest BCUT2D eigenvalue weighted by Gasteiger charge is 2.26. The molecule has 3 heterocycles. The lowest BCUT2D eigenvalue weighted by Gasteiger charge is -2.34. The number of hydrogen-bond acceptors (Lipinski definition) is 5. The van der Waals surface area contributed by atoms with E-state index in [2.05, 4.69) is 9.97 Å². The summed E-state index contributed by atoms with van der Waals surface area (Å²) in [7, 11) is 3.87. The molecule has 0 atom stereocenters. The molecule has 5 nitrogen and oxygen atoms in total. The Bertz CT molecular complexity index is 626. The van der Waals surface area contributed by atoms with E-state index in [4.69, 9.17) is 0 Å². The Hall–Kier alpha value is -2.43. The molecule has 0 spiro atoms. The summed E-state index contributed by atoms with van der Waals surface area (Å²) in [5, 5.41) is 0. The van der Waals surface area contributed by atoms with Gasteiger partial charge in [-0.05, 0) is 24.3 Å². The Labute approximate surface area is 105 Å². The number of aromatic nitrogens is 2. The standard InChI is InChI=1S/C13H12N4O/c1-16-11-6-5-9(8-18)15-13(11)17(2)10-4-3-7-14-12(10)16/h3-8H,1-2H3. The van der Waals surface area contributed by atoms with Gasteiger partial charge in [-0.2, -0.15) is 0 Å². The maximum Gasteiger partial charge on any atom is 0.168 e. The normalized spacial score (nSPS) is 13.0. The highest BCUT2D eigenvalue weighted by atomic mass is 16.1. The van der Waals surface area contributed by atoms with Crippen LogP contribution >= 0.6 is 0 Å². The zero-order valence-corrected chi connectivity index (χ0v) is 10.2. The number of hydrogen-bond donors (Lipinski definition) is 0. The molecule has 0 saturated heterocycles. The van der Waals surface area contributed by atoms with E-state index in [1.807, 2.05) is 42.1 Å². The van der Waals surface area contributed by atoms with E-state index in [1.165, 1.54) is 0 Å². The Kier molecular flexibility index (Phi) is 2.26.